The Bertz CT molecular complexity index is 941. The minimum atomic E-state index is -1.10. The van der Waals surface area contributed by atoms with Crippen molar-refractivity contribution < 1.29 is 4.39 Å². The van der Waals surface area contributed by atoms with Gasteiger partial charge in [-0.15, -0.1) is 0 Å². The first kappa shape index (κ1) is 28.1. The van der Waals surface area contributed by atoms with Crippen molar-refractivity contribution in [1.29, 1.82) is 0 Å². The number of alkyl halides is 1. The van der Waals surface area contributed by atoms with E-state index in [4.69, 9.17) is 0 Å². The summed E-state index contributed by atoms with van der Waals surface area (Å²) in [5.41, 5.74) is 6.25. The Morgan fingerprint density at radius 3 is 2.41 bits per heavy atom. The lowest BCUT2D eigenvalue weighted by molar-refractivity contribution is 0.131. The van der Waals surface area contributed by atoms with Crippen LogP contribution < -0.4 is 0 Å². The molecule has 0 bridgehead atoms. The van der Waals surface area contributed by atoms with Gasteiger partial charge in [0.25, 0.3) is 0 Å². The summed E-state index contributed by atoms with van der Waals surface area (Å²) in [4.78, 5) is 0. The molecular weight excluding hydrogens is 415 g/mol. The molecule has 0 nitrogen and oxygen atoms in total. The maximum atomic E-state index is 16.1. The lowest BCUT2D eigenvalue weighted by atomic mass is 9.83. The van der Waals surface area contributed by atoms with Gasteiger partial charge in [-0.25, -0.2) is 4.39 Å². The van der Waals surface area contributed by atoms with E-state index in [0.717, 1.165) is 30.4 Å². The zero-order chi connectivity index (χ0) is 25.5. The molecule has 0 aromatic carbocycles. The van der Waals surface area contributed by atoms with Gasteiger partial charge in [-0.1, -0.05) is 114 Å². The van der Waals surface area contributed by atoms with Crippen molar-refractivity contribution in [2.75, 3.05) is 0 Å². The Balaban J connectivity index is 2.59. The maximum absolute atomic E-state index is 16.1. The second-order valence-electron chi connectivity index (χ2n) is 11.4. The third-order valence-corrected chi connectivity index (χ3v) is 7.20. The predicted molar refractivity (Wildman–Crippen MR) is 150 cm³/mol. The zero-order valence-corrected chi connectivity index (χ0v) is 22.8. The summed E-state index contributed by atoms with van der Waals surface area (Å²) in [5.74, 6) is 0.548. The van der Waals surface area contributed by atoms with Crippen molar-refractivity contribution in [3.8, 4) is 0 Å². The number of halogens is 1. The Labute approximate surface area is 209 Å². The fourth-order valence-electron chi connectivity index (χ4n) is 5.14. The largest absolute Gasteiger partial charge is 0.244 e. The molecule has 2 unspecified atom stereocenters. The highest BCUT2D eigenvalue weighted by Gasteiger charge is 2.45. The summed E-state index contributed by atoms with van der Waals surface area (Å²) in [5, 5.41) is 0. The van der Waals surface area contributed by atoms with Gasteiger partial charge >= 0.3 is 0 Å². The molecule has 1 saturated carbocycles. The first-order valence-corrected chi connectivity index (χ1v) is 13.1. The molecule has 186 valence electrons. The molecule has 0 aromatic rings. The summed E-state index contributed by atoms with van der Waals surface area (Å²) < 4.78 is 16.1. The second kappa shape index (κ2) is 12.0. The Morgan fingerprint density at radius 1 is 1.18 bits per heavy atom. The van der Waals surface area contributed by atoms with Gasteiger partial charge in [-0.2, -0.15) is 0 Å². The summed E-state index contributed by atoms with van der Waals surface area (Å²) in [7, 11) is 0. The summed E-state index contributed by atoms with van der Waals surface area (Å²) in [6, 6.07) is 0. The van der Waals surface area contributed by atoms with Crippen LogP contribution in [-0.4, -0.2) is 5.67 Å². The number of allylic oxidation sites excluding steroid dienone is 14. The minimum absolute atomic E-state index is 0.0851. The van der Waals surface area contributed by atoms with Crippen molar-refractivity contribution in [2.24, 2.45) is 17.3 Å². The van der Waals surface area contributed by atoms with Crippen LogP contribution in [-0.2, 0) is 0 Å². The van der Waals surface area contributed by atoms with Crippen molar-refractivity contribution >= 4 is 0 Å². The first-order valence-electron chi connectivity index (χ1n) is 13.1. The normalized spacial score (nSPS) is 25.8. The molecule has 2 rings (SSSR count). The highest BCUT2D eigenvalue weighted by molar-refractivity contribution is 5.61. The number of hydrogen-bond donors (Lipinski definition) is 0. The van der Waals surface area contributed by atoms with E-state index >= 15 is 4.39 Å². The molecule has 1 fully saturated rings. The van der Waals surface area contributed by atoms with E-state index in [9.17, 15) is 0 Å². The quantitative estimate of drug-likeness (QED) is 0.268. The minimum Gasteiger partial charge on any atom is -0.244 e. The van der Waals surface area contributed by atoms with E-state index in [1.54, 1.807) is 0 Å². The van der Waals surface area contributed by atoms with Crippen LogP contribution in [0.15, 0.2) is 95.2 Å². The van der Waals surface area contributed by atoms with Crippen molar-refractivity contribution in [2.45, 2.75) is 92.7 Å². The molecule has 0 spiro atoms. The van der Waals surface area contributed by atoms with E-state index < -0.39 is 5.67 Å². The van der Waals surface area contributed by atoms with Crippen LogP contribution in [0.25, 0.3) is 0 Å². The third kappa shape index (κ3) is 7.69. The highest BCUT2D eigenvalue weighted by atomic mass is 19.1. The molecule has 2 aliphatic rings. The lowest BCUT2D eigenvalue weighted by Gasteiger charge is -2.26. The van der Waals surface area contributed by atoms with Gasteiger partial charge < -0.3 is 0 Å². The molecule has 0 aromatic heterocycles. The van der Waals surface area contributed by atoms with Gasteiger partial charge in [0.15, 0.2) is 0 Å². The molecule has 1 heteroatoms. The van der Waals surface area contributed by atoms with Gasteiger partial charge in [0.1, 0.15) is 5.67 Å². The van der Waals surface area contributed by atoms with Crippen molar-refractivity contribution in [1.82, 2.24) is 0 Å². The molecule has 2 atom stereocenters. The van der Waals surface area contributed by atoms with E-state index in [1.807, 2.05) is 6.08 Å². The van der Waals surface area contributed by atoms with Gasteiger partial charge in [0.05, 0.1) is 0 Å². The average molecular weight is 463 g/mol. The SMILES string of the molecule is C=C/C(C)=C/C=C(\C=C/C(C)C)C1=CC(CC2(F)CCC(C)(C)C2)C(/C=C/C(=C)CC)=C1CC. The molecule has 0 aliphatic heterocycles. The number of hydrogen-bond acceptors (Lipinski definition) is 0. The standard InChI is InChI=1S/C33H47F/c1-10-25(6)14-17-27(16-13-24(4)5)31-21-28(22-33(34)20-19-32(8,9)23-33)30(29(31)12-3)18-15-26(7)11-2/h10,13-18,21,24,28H,1,7,11-12,19-20,22-23H2,2-6,8-9H3/b16-13-,18-15+,25-14+,27-17+. The van der Waals surface area contributed by atoms with Gasteiger partial charge in [-0.05, 0) is 79.1 Å². The molecule has 0 radical (unpaired) electrons. The second-order valence-corrected chi connectivity index (χ2v) is 11.4. The average Bonchev–Trinajstić information content (AvgIpc) is 3.26. The fourth-order valence-corrected chi connectivity index (χ4v) is 5.14. The monoisotopic (exact) mass is 462 g/mol. The van der Waals surface area contributed by atoms with Crippen molar-refractivity contribution in [3.63, 3.8) is 0 Å². The third-order valence-electron chi connectivity index (χ3n) is 7.20. The van der Waals surface area contributed by atoms with Gasteiger partial charge in [0, 0.05) is 5.92 Å². The molecule has 0 saturated heterocycles. The summed E-state index contributed by atoms with van der Waals surface area (Å²) >= 11 is 0. The Hall–Kier alpha value is -2.15. The van der Waals surface area contributed by atoms with Crippen LogP contribution in [0.3, 0.4) is 0 Å². The summed E-state index contributed by atoms with van der Waals surface area (Å²) in [6.45, 7) is 23.3. The maximum Gasteiger partial charge on any atom is 0.112 e. The molecule has 0 amide bonds. The zero-order valence-electron chi connectivity index (χ0n) is 22.8. The molecule has 0 N–H and O–H groups in total. The molecule has 0 heterocycles. The Morgan fingerprint density at radius 2 is 1.88 bits per heavy atom. The van der Waals surface area contributed by atoms with Crippen LogP contribution in [0.2, 0.25) is 0 Å². The molecule has 34 heavy (non-hydrogen) atoms. The van der Waals surface area contributed by atoms with Crippen LogP contribution in [0.5, 0.6) is 0 Å². The topological polar surface area (TPSA) is 0 Å². The van der Waals surface area contributed by atoms with Gasteiger partial charge in [0.2, 0.25) is 0 Å². The van der Waals surface area contributed by atoms with Crippen LogP contribution in [0.4, 0.5) is 4.39 Å². The molecular formula is C33H47F. The highest BCUT2D eigenvalue weighted by Crippen LogP contribution is 2.51. The van der Waals surface area contributed by atoms with Crippen LogP contribution in [0.1, 0.15) is 87.0 Å². The first-order chi connectivity index (χ1) is 15.9. The fraction of sp³-hybridized carbons (Fsp3) is 0.515. The van der Waals surface area contributed by atoms with Crippen molar-refractivity contribution in [3.05, 3.63) is 95.2 Å². The van der Waals surface area contributed by atoms with E-state index in [0.29, 0.717) is 25.2 Å². The van der Waals surface area contributed by atoms with E-state index in [2.05, 4.69) is 104 Å². The van der Waals surface area contributed by atoms with Gasteiger partial charge in [-0.3, -0.25) is 0 Å². The number of rotatable bonds is 11. The smallest absolute Gasteiger partial charge is 0.112 e. The van der Waals surface area contributed by atoms with Crippen LogP contribution >= 0.6 is 0 Å². The molecule has 2 aliphatic carbocycles. The lowest BCUT2D eigenvalue weighted by Crippen LogP contribution is -2.24. The Kier molecular flexibility index (Phi) is 9.92. The van der Waals surface area contributed by atoms with Crippen LogP contribution in [0, 0.1) is 17.3 Å². The van der Waals surface area contributed by atoms with E-state index in [1.165, 1.54) is 22.3 Å². The predicted octanol–water partition coefficient (Wildman–Crippen LogP) is 10.4. The summed E-state index contributed by atoms with van der Waals surface area (Å²) in [6.07, 6.45) is 22.0. The van der Waals surface area contributed by atoms with E-state index in [-0.39, 0.29) is 11.3 Å².